The zero-order valence-corrected chi connectivity index (χ0v) is 15.7. The maximum Gasteiger partial charge on any atom is 0.155 e. The van der Waals surface area contributed by atoms with Crippen LogP contribution in [0.1, 0.15) is 72.6 Å². The Morgan fingerprint density at radius 1 is 1.12 bits per heavy atom. The van der Waals surface area contributed by atoms with Crippen LogP contribution >= 0.6 is 0 Å². The molecule has 7 atom stereocenters. The Labute approximate surface area is 146 Å². The molecule has 0 bridgehead atoms. The highest BCUT2D eigenvalue weighted by Crippen LogP contribution is 2.67. The quantitative estimate of drug-likeness (QED) is 0.681. The summed E-state index contributed by atoms with van der Waals surface area (Å²) < 4.78 is 0. The lowest BCUT2D eigenvalue weighted by atomic mass is 9.46. The molecule has 24 heavy (non-hydrogen) atoms. The highest BCUT2D eigenvalue weighted by atomic mass is 16.1. The summed E-state index contributed by atoms with van der Waals surface area (Å²) in [6, 6.07) is 0. The number of carbonyl (C=O) groups excluding carboxylic acids is 2. The molecule has 0 heterocycles. The van der Waals surface area contributed by atoms with Crippen LogP contribution in [0.25, 0.3) is 0 Å². The van der Waals surface area contributed by atoms with E-state index in [1.54, 1.807) is 0 Å². The molecule has 0 N–H and O–H groups in total. The highest BCUT2D eigenvalue weighted by Gasteiger charge is 2.61. The van der Waals surface area contributed by atoms with E-state index >= 15 is 0 Å². The molecule has 2 heteroatoms. The number of hydrogen-bond acceptors (Lipinski definition) is 2. The summed E-state index contributed by atoms with van der Waals surface area (Å²) in [6.07, 6.45) is 9.79. The second-order valence-electron chi connectivity index (χ2n) is 9.81. The molecule has 0 spiro atoms. The van der Waals surface area contributed by atoms with Crippen molar-refractivity contribution in [2.75, 3.05) is 0 Å². The van der Waals surface area contributed by atoms with Crippen LogP contribution in [-0.4, -0.2) is 11.6 Å². The molecule has 0 aromatic carbocycles. The lowest BCUT2D eigenvalue weighted by Gasteiger charge is -2.58. The summed E-state index contributed by atoms with van der Waals surface area (Å²) in [5.41, 5.74) is 1.90. The van der Waals surface area contributed by atoms with Gasteiger partial charge in [-0.2, -0.15) is 0 Å². The third kappa shape index (κ3) is 2.07. The van der Waals surface area contributed by atoms with Gasteiger partial charge in [-0.05, 0) is 86.0 Å². The fourth-order valence-electron chi connectivity index (χ4n) is 7.79. The third-order valence-corrected chi connectivity index (χ3v) is 8.74. The van der Waals surface area contributed by atoms with E-state index in [4.69, 9.17) is 0 Å². The molecule has 132 valence electrons. The minimum Gasteiger partial charge on any atom is -0.300 e. The fourth-order valence-corrected chi connectivity index (χ4v) is 7.79. The maximum absolute atomic E-state index is 12.4. The maximum atomic E-state index is 12.4. The lowest BCUT2D eigenvalue weighted by molar-refractivity contribution is -0.129. The number of Topliss-reactive ketones (excluding diaryl/α,β-unsaturated/α-hetero) is 1. The fraction of sp³-hybridized carbons (Fsp3) is 0.818. The van der Waals surface area contributed by atoms with E-state index in [9.17, 15) is 9.59 Å². The van der Waals surface area contributed by atoms with E-state index in [0.29, 0.717) is 23.4 Å². The van der Waals surface area contributed by atoms with Crippen LogP contribution in [0.5, 0.6) is 0 Å². The SMILES string of the molecule is CC(=O)[C@@H]1[C@@H](C)C[C@H]2[C@@H]3CCC4=CC(=O)CC[C@]4(C)[C@H]3CC[C@]12C. The van der Waals surface area contributed by atoms with Crippen LogP contribution < -0.4 is 0 Å². The average Bonchev–Trinajstić information content (AvgIpc) is 2.78. The number of fused-ring (bicyclic) bond motifs is 5. The molecule has 0 unspecified atom stereocenters. The molecule has 0 amide bonds. The Balaban J connectivity index is 1.69. The van der Waals surface area contributed by atoms with Crippen molar-refractivity contribution >= 4 is 11.6 Å². The Kier molecular flexibility index (Phi) is 3.64. The number of carbonyl (C=O) groups is 2. The zero-order chi connectivity index (χ0) is 17.3. The van der Waals surface area contributed by atoms with E-state index in [0.717, 1.165) is 31.1 Å². The standard InChI is InChI=1S/C22H32O2/c1-13-11-19-17-6-5-15-12-16(24)7-9-21(15,3)18(17)8-10-22(19,4)20(13)14(2)23/h12-13,17-20H,5-11H2,1-4H3/t13-,17+,18-,19-,20-,21-,22-/m0/s1. The first-order valence-electron chi connectivity index (χ1n) is 10.0. The topological polar surface area (TPSA) is 34.1 Å². The number of hydrogen-bond donors (Lipinski definition) is 0. The van der Waals surface area contributed by atoms with Gasteiger partial charge in [0.25, 0.3) is 0 Å². The Morgan fingerprint density at radius 2 is 1.88 bits per heavy atom. The molecular formula is C22H32O2. The van der Waals surface area contributed by atoms with Gasteiger partial charge in [0.2, 0.25) is 0 Å². The van der Waals surface area contributed by atoms with Crippen LogP contribution in [0.4, 0.5) is 0 Å². The van der Waals surface area contributed by atoms with Crippen LogP contribution in [-0.2, 0) is 9.59 Å². The van der Waals surface area contributed by atoms with Crippen molar-refractivity contribution in [2.24, 2.45) is 40.4 Å². The molecule has 4 aliphatic carbocycles. The molecule has 0 aromatic rings. The Morgan fingerprint density at radius 3 is 2.58 bits per heavy atom. The van der Waals surface area contributed by atoms with Crippen molar-refractivity contribution in [1.29, 1.82) is 0 Å². The van der Waals surface area contributed by atoms with Gasteiger partial charge in [-0.15, -0.1) is 0 Å². The van der Waals surface area contributed by atoms with E-state index in [1.807, 2.05) is 13.0 Å². The predicted octanol–water partition coefficient (Wildman–Crippen LogP) is 4.97. The van der Waals surface area contributed by atoms with Crippen LogP contribution in [0, 0.1) is 40.4 Å². The summed E-state index contributed by atoms with van der Waals surface area (Å²) in [7, 11) is 0. The van der Waals surface area contributed by atoms with E-state index in [2.05, 4.69) is 20.8 Å². The predicted molar refractivity (Wildman–Crippen MR) is 95.4 cm³/mol. The van der Waals surface area contributed by atoms with E-state index < -0.39 is 0 Å². The molecule has 3 saturated carbocycles. The Bertz CT molecular complexity index is 617. The molecule has 2 nitrogen and oxygen atoms in total. The van der Waals surface area contributed by atoms with Gasteiger partial charge in [-0.25, -0.2) is 0 Å². The first-order valence-corrected chi connectivity index (χ1v) is 10.0. The van der Waals surface area contributed by atoms with Gasteiger partial charge < -0.3 is 0 Å². The van der Waals surface area contributed by atoms with Gasteiger partial charge in [-0.1, -0.05) is 26.3 Å². The van der Waals surface area contributed by atoms with Crippen molar-refractivity contribution < 1.29 is 9.59 Å². The smallest absolute Gasteiger partial charge is 0.155 e. The van der Waals surface area contributed by atoms with E-state index in [-0.39, 0.29) is 16.7 Å². The summed E-state index contributed by atoms with van der Waals surface area (Å²) in [4.78, 5) is 24.3. The minimum atomic E-state index is 0.217. The molecular weight excluding hydrogens is 296 g/mol. The van der Waals surface area contributed by atoms with Crippen LogP contribution in [0.15, 0.2) is 11.6 Å². The lowest BCUT2D eigenvalue weighted by Crippen LogP contribution is -2.51. The molecule has 3 fully saturated rings. The molecule has 0 aliphatic heterocycles. The van der Waals surface area contributed by atoms with Gasteiger partial charge in [0, 0.05) is 12.3 Å². The second-order valence-corrected chi connectivity index (χ2v) is 9.81. The largest absolute Gasteiger partial charge is 0.300 e. The molecule has 4 rings (SSSR count). The summed E-state index contributed by atoms with van der Waals surface area (Å²) in [5.74, 6) is 3.74. The van der Waals surface area contributed by atoms with Crippen LogP contribution in [0.3, 0.4) is 0 Å². The third-order valence-electron chi connectivity index (χ3n) is 8.74. The summed E-state index contributed by atoms with van der Waals surface area (Å²) >= 11 is 0. The van der Waals surface area contributed by atoms with Crippen molar-refractivity contribution in [3.05, 3.63) is 11.6 Å². The van der Waals surface area contributed by atoms with Crippen molar-refractivity contribution in [1.82, 2.24) is 0 Å². The first-order chi connectivity index (χ1) is 11.3. The minimum absolute atomic E-state index is 0.217. The number of allylic oxidation sites excluding steroid dienone is 1. The van der Waals surface area contributed by atoms with Gasteiger partial charge in [0.05, 0.1) is 0 Å². The molecule has 0 radical (unpaired) electrons. The monoisotopic (exact) mass is 328 g/mol. The van der Waals surface area contributed by atoms with Gasteiger partial charge in [-0.3, -0.25) is 9.59 Å². The second kappa shape index (κ2) is 5.29. The normalized spacial score (nSPS) is 50.6. The number of rotatable bonds is 1. The van der Waals surface area contributed by atoms with Crippen molar-refractivity contribution in [3.8, 4) is 0 Å². The zero-order valence-electron chi connectivity index (χ0n) is 15.7. The first kappa shape index (κ1) is 16.5. The summed E-state index contributed by atoms with van der Waals surface area (Å²) in [5, 5.41) is 0. The molecule has 4 aliphatic rings. The van der Waals surface area contributed by atoms with Gasteiger partial charge >= 0.3 is 0 Å². The van der Waals surface area contributed by atoms with Crippen molar-refractivity contribution in [3.63, 3.8) is 0 Å². The Hall–Kier alpha value is -0.920. The van der Waals surface area contributed by atoms with Crippen LogP contribution in [0.2, 0.25) is 0 Å². The molecule has 0 aromatic heterocycles. The highest BCUT2D eigenvalue weighted by molar-refractivity contribution is 5.91. The van der Waals surface area contributed by atoms with Gasteiger partial charge in [0.15, 0.2) is 5.78 Å². The van der Waals surface area contributed by atoms with Crippen molar-refractivity contribution in [2.45, 2.75) is 72.6 Å². The average molecular weight is 328 g/mol. The molecule has 0 saturated heterocycles. The van der Waals surface area contributed by atoms with E-state index in [1.165, 1.54) is 31.3 Å². The van der Waals surface area contributed by atoms with Gasteiger partial charge in [0.1, 0.15) is 5.78 Å². The number of ketones is 2. The summed E-state index contributed by atoms with van der Waals surface area (Å²) in [6.45, 7) is 8.98.